The SMILES string of the molecule is CCOC(=O)C1[C@@H](c2cccc(OC)c2)[C@H]1c1cccc(OC)c1. The number of carbonyl (C=O) groups excluding carboxylic acids is 1. The van der Waals surface area contributed by atoms with Gasteiger partial charge in [-0.05, 0) is 42.3 Å². The van der Waals surface area contributed by atoms with Gasteiger partial charge in [0.05, 0.1) is 26.7 Å². The highest BCUT2D eigenvalue weighted by atomic mass is 16.5. The number of esters is 1. The van der Waals surface area contributed by atoms with Gasteiger partial charge in [0.1, 0.15) is 11.5 Å². The predicted molar refractivity (Wildman–Crippen MR) is 91.6 cm³/mol. The molecular weight excluding hydrogens is 304 g/mol. The van der Waals surface area contributed by atoms with Crippen LogP contribution in [0.4, 0.5) is 0 Å². The Bertz CT molecular complexity index is 672. The number of rotatable bonds is 6. The highest BCUT2D eigenvalue weighted by molar-refractivity contribution is 5.80. The standard InChI is InChI=1S/C20H22O4/c1-4-24-20(21)19-17(13-7-5-9-15(11-13)22-2)18(19)14-8-6-10-16(12-14)23-3/h5-12,17-19H,4H2,1-3H3/t17-,18+,19?. The first-order chi connectivity index (χ1) is 11.7. The molecule has 0 N–H and O–H groups in total. The minimum atomic E-state index is -0.163. The molecule has 2 aromatic carbocycles. The maximum Gasteiger partial charge on any atom is 0.310 e. The normalized spacial score (nSPS) is 21.9. The Morgan fingerprint density at radius 2 is 1.42 bits per heavy atom. The summed E-state index contributed by atoms with van der Waals surface area (Å²) in [7, 11) is 3.29. The van der Waals surface area contributed by atoms with E-state index in [1.807, 2.05) is 55.5 Å². The van der Waals surface area contributed by atoms with Gasteiger partial charge in [-0.3, -0.25) is 4.79 Å². The summed E-state index contributed by atoms with van der Waals surface area (Å²) in [5.74, 6) is 1.50. The van der Waals surface area contributed by atoms with Crippen molar-refractivity contribution in [2.45, 2.75) is 18.8 Å². The van der Waals surface area contributed by atoms with E-state index in [0.29, 0.717) is 6.61 Å². The Hall–Kier alpha value is -2.49. The van der Waals surface area contributed by atoms with Crippen LogP contribution in [0.1, 0.15) is 29.9 Å². The molecule has 3 atom stereocenters. The molecule has 0 aliphatic heterocycles. The molecule has 1 aliphatic rings. The van der Waals surface area contributed by atoms with Crippen molar-refractivity contribution in [3.05, 3.63) is 59.7 Å². The van der Waals surface area contributed by atoms with Crippen molar-refractivity contribution in [2.75, 3.05) is 20.8 Å². The molecule has 4 heteroatoms. The van der Waals surface area contributed by atoms with E-state index >= 15 is 0 Å². The maximum absolute atomic E-state index is 12.4. The van der Waals surface area contributed by atoms with Gasteiger partial charge in [-0.2, -0.15) is 0 Å². The van der Waals surface area contributed by atoms with E-state index in [1.54, 1.807) is 14.2 Å². The zero-order chi connectivity index (χ0) is 17.1. The Balaban J connectivity index is 1.93. The van der Waals surface area contributed by atoms with Crippen LogP contribution in [-0.2, 0) is 9.53 Å². The van der Waals surface area contributed by atoms with E-state index in [1.165, 1.54) is 0 Å². The highest BCUT2D eigenvalue weighted by Gasteiger charge is 2.57. The average Bonchev–Trinajstić information content (AvgIpc) is 3.38. The first-order valence-electron chi connectivity index (χ1n) is 8.14. The molecule has 0 bridgehead atoms. The molecule has 0 aromatic heterocycles. The van der Waals surface area contributed by atoms with E-state index in [4.69, 9.17) is 14.2 Å². The molecule has 0 heterocycles. The molecule has 1 aliphatic carbocycles. The molecule has 0 amide bonds. The number of hydrogen-bond donors (Lipinski definition) is 0. The van der Waals surface area contributed by atoms with Gasteiger partial charge in [0.2, 0.25) is 0 Å². The summed E-state index contributed by atoms with van der Waals surface area (Å²) in [6.45, 7) is 2.23. The first-order valence-corrected chi connectivity index (χ1v) is 8.14. The topological polar surface area (TPSA) is 44.8 Å². The number of benzene rings is 2. The minimum absolute atomic E-state index is 0.103. The lowest BCUT2D eigenvalue weighted by molar-refractivity contribution is -0.144. The van der Waals surface area contributed by atoms with Gasteiger partial charge < -0.3 is 14.2 Å². The molecular formula is C20H22O4. The summed E-state index contributed by atoms with van der Waals surface area (Å²) in [6, 6.07) is 15.8. The number of methoxy groups -OCH3 is 2. The number of ether oxygens (including phenoxy) is 3. The van der Waals surface area contributed by atoms with Crippen molar-refractivity contribution in [3.8, 4) is 11.5 Å². The van der Waals surface area contributed by atoms with Crippen molar-refractivity contribution in [3.63, 3.8) is 0 Å². The molecule has 126 valence electrons. The van der Waals surface area contributed by atoms with Crippen molar-refractivity contribution in [2.24, 2.45) is 5.92 Å². The predicted octanol–water partition coefficient (Wildman–Crippen LogP) is 3.76. The summed E-state index contributed by atoms with van der Waals surface area (Å²) in [5.41, 5.74) is 2.19. The molecule has 1 fully saturated rings. The molecule has 0 radical (unpaired) electrons. The molecule has 24 heavy (non-hydrogen) atoms. The van der Waals surface area contributed by atoms with Crippen molar-refractivity contribution in [1.82, 2.24) is 0 Å². The molecule has 1 saturated carbocycles. The van der Waals surface area contributed by atoms with Crippen LogP contribution in [0.25, 0.3) is 0 Å². The minimum Gasteiger partial charge on any atom is -0.497 e. The fourth-order valence-electron chi connectivity index (χ4n) is 3.37. The largest absolute Gasteiger partial charge is 0.497 e. The van der Waals surface area contributed by atoms with Crippen LogP contribution < -0.4 is 9.47 Å². The van der Waals surface area contributed by atoms with Gasteiger partial charge in [0.15, 0.2) is 0 Å². The van der Waals surface area contributed by atoms with Crippen LogP contribution in [0.15, 0.2) is 48.5 Å². The second-order valence-corrected chi connectivity index (χ2v) is 5.88. The lowest BCUT2D eigenvalue weighted by Gasteiger charge is -2.05. The van der Waals surface area contributed by atoms with Crippen molar-refractivity contribution < 1.29 is 19.0 Å². The Morgan fingerprint density at radius 3 is 1.83 bits per heavy atom. The number of hydrogen-bond acceptors (Lipinski definition) is 4. The van der Waals surface area contributed by atoms with Crippen LogP contribution in [0.2, 0.25) is 0 Å². The van der Waals surface area contributed by atoms with Crippen LogP contribution in [-0.4, -0.2) is 26.8 Å². The summed E-state index contributed by atoms with van der Waals surface area (Å²) in [4.78, 5) is 12.4. The summed E-state index contributed by atoms with van der Waals surface area (Å²) < 4.78 is 15.9. The second-order valence-electron chi connectivity index (χ2n) is 5.88. The van der Waals surface area contributed by atoms with Crippen LogP contribution >= 0.6 is 0 Å². The van der Waals surface area contributed by atoms with Gasteiger partial charge in [0, 0.05) is 11.8 Å². The zero-order valence-electron chi connectivity index (χ0n) is 14.2. The molecule has 0 saturated heterocycles. The summed E-state index contributed by atoms with van der Waals surface area (Å²) in [6.07, 6.45) is 0. The molecule has 4 nitrogen and oxygen atoms in total. The van der Waals surface area contributed by atoms with E-state index in [0.717, 1.165) is 22.6 Å². The molecule has 3 rings (SSSR count). The fourth-order valence-corrected chi connectivity index (χ4v) is 3.37. The summed E-state index contributed by atoms with van der Waals surface area (Å²) in [5, 5.41) is 0. The van der Waals surface area contributed by atoms with Crippen molar-refractivity contribution in [1.29, 1.82) is 0 Å². The van der Waals surface area contributed by atoms with Gasteiger partial charge in [-0.25, -0.2) is 0 Å². The van der Waals surface area contributed by atoms with E-state index in [2.05, 4.69) is 0 Å². The Morgan fingerprint density at radius 1 is 0.917 bits per heavy atom. The smallest absolute Gasteiger partial charge is 0.310 e. The maximum atomic E-state index is 12.4. The average molecular weight is 326 g/mol. The van der Waals surface area contributed by atoms with Crippen LogP contribution in [0, 0.1) is 5.92 Å². The first kappa shape index (κ1) is 16.4. The van der Waals surface area contributed by atoms with Crippen LogP contribution in [0.5, 0.6) is 11.5 Å². The monoisotopic (exact) mass is 326 g/mol. The van der Waals surface area contributed by atoms with Gasteiger partial charge in [-0.15, -0.1) is 0 Å². The molecule has 0 spiro atoms. The van der Waals surface area contributed by atoms with Gasteiger partial charge >= 0.3 is 5.97 Å². The van der Waals surface area contributed by atoms with Crippen LogP contribution in [0.3, 0.4) is 0 Å². The quantitative estimate of drug-likeness (QED) is 0.758. The van der Waals surface area contributed by atoms with Gasteiger partial charge in [-0.1, -0.05) is 24.3 Å². The Labute approximate surface area is 142 Å². The third-order valence-electron chi connectivity index (χ3n) is 4.54. The fraction of sp³-hybridized carbons (Fsp3) is 0.350. The van der Waals surface area contributed by atoms with E-state index < -0.39 is 0 Å². The Kier molecular flexibility index (Phi) is 4.74. The second kappa shape index (κ2) is 6.95. The lowest BCUT2D eigenvalue weighted by atomic mass is 10.0. The van der Waals surface area contributed by atoms with Crippen molar-refractivity contribution >= 4 is 5.97 Å². The third kappa shape index (κ3) is 3.09. The summed E-state index contributed by atoms with van der Waals surface area (Å²) >= 11 is 0. The lowest BCUT2D eigenvalue weighted by Crippen LogP contribution is -2.08. The third-order valence-corrected chi connectivity index (χ3v) is 4.54. The highest BCUT2D eigenvalue weighted by Crippen LogP contribution is 2.61. The number of carbonyl (C=O) groups is 1. The van der Waals surface area contributed by atoms with E-state index in [-0.39, 0.29) is 23.7 Å². The van der Waals surface area contributed by atoms with Gasteiger partial charge in [0.25, 0.3) is 0 Å². The van der Waals surface area contributed by atoms with E-state index in [9.17, 15) is 4.79 Å². The molecule has 2 aromatic rings. The zero-order valence-corrected chi connectivity index (χ0v) is 14.2. The molecule has 1 unspecified atom stereocenters.